The van der Waals surface area contributed by atoms with E-state index < -0.39 is 0 Å². The highest BCUT2D eigenvalue weighted by Crippen LogP contribution is 2.21. The van der Waals surface area contributed by atoms with Gasteiger partial charge in [0, 0.05) is 31.3 Å². The van der Waals surface area contributed by atoms with Gasteiger partial charge in [0.25, 0.3) is 5.69 Å². The molecule has 0 saturated carbocycles. The topological polar surface area (TPSA) is 75.5 Å². The molecular weight excluding hydrogens is 270 g/mol. The number of amides is 1. The molecular formula is C15H21N3O3. The molecule has 1 amide bonds. The molecule has 6 nitrogen and oxygen atoms in total. The van der Waals surface area contributed by atoms with Crippen LogP contribution in [0.15, 0.2) is 18.2 Å². The maximum Gasteiger partial charge on any atom is 0.272 e. The lowest BCUT2D eigenvalue weighted by Gasteiger charge is -2.21. The van der Waals surface area contributed by atoms with Crippen LogP contribution in [0.25, 0.3) is 0 Å². The van der Waals surface area contributed by atoms with E-state index >= 15 is 0 Å². The van der Waals surface area contributed by atoms with Crippen LogP contribution in [-0.4, -0.2) is 34.9 Å². The molecule has 1 N–H and O–H groups in total. The smallest absolute Gasteiger partial charge is 0.272 e. The molecule has 6 heteroatoms. The predicted molar refractivity (Wildman–Crippen MR) is 79.9 cm³/mol. The Morgan fingerprint density at radius 1 is 1.43 bits per heavy atom. The molecule has 114 valence electrons. The van der Waals surface area contributed by atoms with Crippen LogP contribution in [-0.2, 0) is 11.3 Å². The fourth-order valence-electron chi connectivity index (χ4n) is 2.62. The number of rotatable bonds is 5. The third-order valence-corrected chi connectivity index (χ3v) is 4.00. The maximum absolute atomic E-state index is 12.2. The normalized spacial score (nSPS) is 16.0. The van der Waals surface area contributed by atoms with Gasteiger partial charge in [0.2, 0.25) is 5.91 Å². The van der Waals surface area contributed by atoms with Crippen LogP contribution in [0.3, 0.4) is 0 Å². The number of carbonyl (C=O) groups is 1. The molecule has 1 saturated heterocycles. The van der Waals surface area contributed by atoms with Gasteiger partial charge in [-0.05, 0) is 32.3 Å². The average Bonchev–Trinajstić information content (AvgIpc) is 2.98. The van der Waals surface area contributed by atoms with Gasteiger partial charge >= 0.3 is 0 Å². The van der Waals surface area contributed by atoms with E-state index in [1.165, 1.54) is 6.07 Å². The van der Waals surface area contributed by atoms with E-state index in [9.17, 15) is 14.9 Å². The van der Waals surface area contributed by atoms with Crippen molar-refractivity contribution in [2.45, 2.75) is 39.3 Å². The summed E-state index contributed by atoms with van der Waals surface area (Å²) in [6.45, 7) is 5.70. The third kappa shape index (κ3) is 3.58. The van der Waals surface area contributed by atoms with E-state index in [-0.39, 0.29) is 22.6 Å². The van der Waals surface area contributed by atoms with Gasteiger partial charge < -0.3 is 10.2 Å². The van der Waals surface area contributed by atoms with Crippen molar-refractivity contribution in [3.8, 4) is 0 Å². The lowest BCUT2D eigenvalue weighted by atomic mass is 10.1. The average molecular weight is 291 g/mol. The van der Waals surface area contributed by atoms with E-state index in [4.69, 9.17) is 0 Å². The Labute approximate surface area is 124 Å². The van der Waals surface area contributed by atoms with Crippen LogP contribution < -0.4 is 5.32 Å². The molecule has 1 aliphatic rings. The number of nitro groups is 1. The summed E-state index contributed by atoms with van der Waals surface area (Å²) in [6.07, 6.45) is 2.14. The molecule has 1 atom stereocenters. The van der Waals surface area contributed by atoms with Crippen LogP contribution >= 0.6 is 0 Å². The van der Waals surface area contributed by atoms with Crippen molar-refractivity contribution < 1.29 is 9.72 Å². The standard InChI is InChI=1S/C15H21N3O3/c1-11-13(6-5-7-14(11)18(20)21)10-16-12(2)15(19)17-8-3-4-9-17/h5-7,12,16H,3-4,8-10H2,1-2H3. The van der Waals surface area contributed by atoms with Gasteiger partial charge in [-0.15, -0.1) is 0 Å². The highest BCUT2D eigenvalue weighted by molar-refractivity contribution is 5.81. The predicted octanol–water partition coefficient (Wildman–Crippen LogP) is 2.00. The van der Waals surface area contributed by atoms with E-state index in [2.05, 4.69) is 5.32 Å². The Hall–Kier alpha value is -1.95. The quantitative estimate of drug-likeness (QED) is 0.665. The minimum absolute atomic E-state index is 0.107. The van der Waals surface area contributed by atoms with Crippen molar-refractivity contribution in [1.29, 1.82) is 0 Å². The van der Waals surface area contributed by atoms with Gasteiger partial charge in [0.05, 0.1) is 11.0 Å². The van der Waals surface area contributed by atoms with Crippen LogP contribution in [0, 0.1) is 17.0 Å². The molecule has 0 spiro atoms. The van der Waals surface area contributed by atoms with Gasteiger partial charge in [0.1, 0.15) is 0 Å². The number of nitrogens with one attached hydrogen (secondary N) is 1. The van der Waals surface area contributed by atoms with Gasteiger partial charge in [0.15, 0.2) is 0 Å². The number of benzene rings is 1. The van der Waals surface area contributed by atoms with Crippen molar-refractivity contribution in [1.82, 2.24) is 10.2 Å². The van der Waals surface area contributed by atoms with Crippen LogP contribution in [0.4, 0.5) is 5.69 Å². The highest BCUT2D eigenvalue weighted by Gasteiger charge is 2.23. The number of hydrogen-bond acceptors (Lipinski definition) is 4. The Morgan fingerprint density at radius 3 is 2.71 bits per heavy atom. The number of nitrogens with zero attached hydrogens (tertiary/aromatic N) is 2. The fourth-order valence-corrected chi connectivity index (χ4v) is 2.62. The number of carbonyl (C=O) groups excluding carboxylic acids is 1. The Balaban J connectivity index is 1.98. The number of nitro benzene ring substituents is 1. The molecule has 0 radical (unpaired) electrons. The SMILES string of the molecule is Cc1c(CNC(C)C(=O)N2CCCC2)cccc1[N+](=O)[O-]. The van der Waals surface area contributed by atoms with E-state index in [1.807, 2.05) is 17.9 Å². The van der Waals surface area contributed by atoms with E-state index in [0.717, 1.165) is 31.5 Å². The van der Waals surface area contributed by atoms with Crippen molar-refractivity contribution in [3.05, 3.63) is 39.4 Å². The lowest BCUT2D eigenvalue weighted by Crippen LogP contribution is -2.43. The molecule has 2 rings (SSSR count). The molecule has 1 fully saturated rings. The number of hydrogen-bond donors (Lipinski definition) is 1. The van der Waals surface area contributed by atoms with Crippen LogP contribution in [0.1, 0.15) is 30.9 Å². The largest absolute Gasteiger partial charge is 0.341 e. The fraction of sp³-hybridized carbons (Fsp3) is 0.533. The first-order chi connectivity index (χ1) is 10.0. The van der Waals surface area contributed by atoms with E-state index in [1.54, 1.807) is 13.0 Å². The summed E-state index contributed by atoms with van der Waals surface area (Å²) in [5, 5.41) is 14.1. The third-order valence-electron chi connectivity index (χ3n) is 4.00. The highest BCUT2D eigenvalue weighted by atomic mass is 16.6. The molecule has 0 aliphatic carbocycles. The Morgan fingerprint density at radius 2 is 2.10 bits per heavy atom. The van der Waals surface area contributed by atoms with Crippen molar-refractivity contribution in [3.63, 3.8) is 0 Å². The summed E-state index contributed by atoms with van der Waals surface area (Å²) in [4.78, 5) is 24.6. The summed E-state index contributed by atoms with van der Waals surface area (Å²) in [6, 6.07) is 4.75. The molecule has 1 heterocycles. The van der Waals surface area contributed by atoms with Crippen molar-refractivity contribution in [2.24, 2.45) is 0 Å². The molecule has 1 aromatic rings. The summed E-state index contributed by atoms with van der Waals surface area (Å²) in [5.74, 6) is 0.107. The number of likely N-dealkylation sites (tertiary alicyclic amines) is 1. The summed E-state index contributed by atoms with van der Waals surface area (Å²) in [7, 11) is 0. The minimum Gasteiger partial charge on any atom is -0.341 e. The van der Waals surface area contributed by atoms with Crippen LogP contribution in [0.5, 0.6) is 0 Å². The second kappa shape index (κ2) is 6.67. The molecule has 0 aromatic heterocycles. The Kier molecular flexibility index (Phi) is 4.90. The monoisotopic (exact) mass is 291 g/mol. The second-order valence-electron chi connectivity index (χ2n) is 5.45. The zero-order valence-electron chi connectivity index (χ0n) is 12.5. The first-order valence-corrected chi connectivity index (χ1v) is 7.25. The summed E-state index contributed by atoms with van der Waals surface area (Å²) >= 11 is 0. The van der Waals surface area contributed by atoms with Gasteiger partial charge in [-0.1, -0.05) is 12.1 Å². The summed E-state index contributed by atoms with van der Waals surface area (Å²) < 4.78 is 0. The van der Waals surface area contributed by atoms with Gasteiger partial charge in [-0.3, -0.25) is 14.9 Å². The van der Waals surface area contributed by atoms with Crippen molar-refractivity contribution >= 4 is 11.6 Å². The van der Waals surface area contributed by atoms with Gasteiger partial charge in [-0.2, -0.15) is 0 Å². The van der Waals surface area contributed by atoms with Crippen molar-refractivity contribution in [2.75, 3.05) is 13.1 Å². The molecule has 1 aliphatic heterocycles. The Bertz CT molecular complexity index is 539. The second-order valence-corrected chi connectivity index (χ2v) is 5.45. The lowest BCUT2D eigenvalue weighted by molar-refractivity contribution is -0.385. The van der Waals surface area contributed by atoms with Crippen LogP contribution in [0.2, 0.25) is 0 Å². The first kappa shape index (κ1) is 15.4. The molecule has 1 aromatic carbocycles. The first-order valence-electron chi connectivity index (χ1n) is 7.25. The molecule has 0 bridgehead atoms. The van der Waals surface area contributed by atoms with Gasteiger partial charge in [-0.25, -0.2) is 0 Å². The molecule has 1 unspecified atom stereocenters. The maximum atomic E-state index is 12.2. The molecule has 21 heavy (non-hydrogen) atoms. The zero-order valence-corrected chi connectivity index (χ0v) is 12.5. The summed E-state index contributed by atoms with van der Waals surface area (Å²) in [5.41, 5.74) is 1.62. The zero-order chi connectivity index (χ0) is 15.4. The van der Waals surface area contributed by atoms with E-state index in [0.29, 0.717) is 12.1 Å². The minimum atomic E-state index is -0.377.